The molecule has 0 aliphatic carbocycles. The Kier molecular flexibility index (Phi) is 6.42. The fourth-order valence-corrected chi connectivity index (χ4v) is 2.78. The highest BCUT2D eigenvalue weighted by Crippen LogP contribution is 2.23. The van der Waals surface area contributed by atoms with Crippen molar-refractivity contribution in [2.24, 2.45) is 0 Å². The number of allylic oxidation sites excluding steroid dienone is 1. The minimum atomic E-state index is 0.0217. The van der Waals surface area contributed by atoms with E-state index in [1.165, 1.54) is 5.56 Å². The van der Waals surface area contributed by atoms with Crippen molar-refractivity contribution >= 4 is 5.57 Å². The Bertz CT molecular complexity index is 884. The van der Waals surface area contributed by atoms with E-state index in [1.807, 2.05) is 66.7 Å². The zero-order valence-electron chi connectivity index (χ0n) is 14.9. The molecule has 0 aromatic heterocycles. The van der Waals surface area contributed by atoms with Gasteiger partial charge < -0.3 is 4.74 Å². The van der Waals surface area contributed by atoms with Crippen molar-refractivity contribution in [1.82, 2.24) is 0 Å². The summed E-state index contributed by atoms with van der Waals surface area (Å²) in [5.74, 6) is 6.60. The van der Waals surface area contributed by atoms with Crippen LogP contribution in [0.2, 0.25) is 0 Å². The molecule has 26 heavy (non-hydrogen) atoms. The summed E-state index contributed by atoms with van der Waals surface area (Å²) in [5.41, 5.74) is 4.33. The monoisotopic (exact) mass is 338 g/mol. The zero-order valence-corrected chi connectivity index (χ0v) is 14.9. The van der Waals surface area contributed by atoms with Crippen molar-refractivity contribution in [2.45, 2.75) is 12.5 Å². The molecule has 1 unspecified atom stereocenters. The predicted octanol–water partition coefficient (Wildman–Crippen LogP) is 5.90. The van der Waals surface area contributed by atoms with E-state index in [0.29, 0.717) is 0 Å². The normalized spacial score (nSPS) is 12.1. The van der Waals surface area contributed by atoms with Crippen LogP contribution in [0.5, 0.6) is 0 Å². The van der Waals surface area contributed by atoms with Gasteiger partial charge in [-0.25, -0.2) is 0 Å². The summed E-state index contributed by atoms with van der Waals surface area (Å²) in [6.45, 7) is 0. The van der Waals surface area contributed by atoms with E-state index >= 15 is 0 Å². The molecular weight excluding hydrogens is 316 g/mol. The summed E-state index contributed by atoms with van der Waals surface area (Å²) in [6, 6.07) is 30.6. The summed E-state index contributed by atoms with van der Waals surface area (Å²) in [4.78, 5) is 0. The average molecular weight is 338 g/mol. The maximum atomic E-state index is 5.69. The van der Waals surface area contributed by atoms with Gasteiger partial charge in [-0.2, -0.15) is 0 Å². The van der Waals surface area contributed by atoms with Crippen LogP contribution in [-0.4, -0.2) is 7.11 Å². The maximum absolute atomic E-state index is 5.69. The van der Waals surface area contributed by atoms with Crippen LogP contribution in [0.4, 0.5) is 0 Å². The molecule has 0 heterocycles. The zero-order chi connectivity index (χ0) is 18.0. The van der Waals surface area contributed by atoms with Gasteiger partial charge in [-0.3, -0.25) is 0 Å². The highest BCUT2D eigenvalue weighted by molar-refractivity contribution is 5.79. The van der Waals surface area contributed by atoms with E-state index < -0.39 is 0 Å². The van der Waals surface area contributed by atoms with E-state index in [2.05, 4.69) is 42.2 Å². The van der Waals surface area contributed by atoms with Crippen molar-refractivity contribution in [3.8, 4) is 11.8 Å². The minimum Gasteiger partial charge on any atom is -0.376 e. The Morgan fingerprint density at radius 2 is 1.42 bits per heavy atom. The Morgan fingerprint density at radius 3 is 2.04 bits per heavy atom. The topological polar surface area (TPSA) is 9.23 Å². The molecule has 0 N–H and O–H groups in total. The first-order chi connectivity index (χ1) is 12.9. The molecule has 0 aliphatic rings. The number of benzene rings is 3. The van der Waals surface area contributed by atoms with Gasteiger partial charge >= 0.3 is 0 Å². The molecule has 0 bridgehead atoms. The first-order valence-electron chi connectivity index (χ1n) is 8.77. The van der Waals surface area contributed by atoms with Crippen LogP contribution in [0.25, 0.3) is 5.57 Å². The van der Waals surface area contributed by atoms with E-state index in [9.17, 15) is 0 Å². The SMILES string of the molecule is COC(C/C=C(\C#Cc1ccccc1)c1ccccc1)c1ccccc1. The molecule has 3 aromatic rings. The van der Waals surface area contributed by atoms with Gasteiger partial charge in [-0.1, -0.05) is 96.8 Å². The fraction of sp³-hybridized carbons (Fsp3) is 0.120. The number of hydrogen-bond donors (Lipinski definition) is 0. The van der Waals surface area contributed by atoms with Crippen LogP contribution in [-0.2, 0) is 4.74 Å². The van der Waals surface area contributed by atoms with Crippen LogP contribution >= 0.6 is 0 Å². The van der Waals surface area contributed by atoms with Crippen LogP contribution < -0.4 is 0 Å². The van der Waals surface area contributed by atoms with Gasteiger partial charge in [-0.15, -0.1) is 0 Å². The third kappa shape index (κ3) is 4.96. The Labute approximate surface area is 156 Å². The molecule has 0 amide bonds. The summed E-state index contributed by atoms with van der Waals surface area (Å²) in [5, 5.41) is 0. The van der Waals surface area contributed by atoms with E-state index in [4.69, 9.17) is 4.74 Å². The summed E-state index contributed by atoms with van der Waals surface area (Å²) < 4.78 is 5.69. The quantitative estimate of drug-likeness (QED) is 0.526. The highest BCUT2D eigenvalue weighted by atomic mass is 16.5. The van der Waals surface area contributed by atoms with Crippen molar-refractivity contribution in [3.05, 3.63) is 114 Å². The third-order valence-corrected chi connectivity index (χ3v) is 4.19. The van der Waals surface area contributed by atoms with Crippen LogP contribution in [0.3, 0.4) is 0 Å². The fourth-order valence-electron chi connectivity index (χ4n) is 2.78. The highest BCUT2D eigenvalue weighted by Gasteiger charge is 2.09. The van der Waals surface area contributed by atoms with Gasteiger partial charge in [-0.05, 0) is 29.7 Å². The second kappa shape index (κ2) is 9.42. The first kappa shape index (κ1) is 17.7. The van der Waals surface area contributed by atoms with E-state index in [0.717, 1.165) is 23.1 Å². The first-order valence-corrected chi connectivity index (χ1v) is 8.77. The molecule has 0 saturated carbocycles. The molecule has 1 atom stereocenters. The standard InChI is InChI=1S/C25H22O/c1-26-25(24-15-9-4-10-16-24)20-19-23(22-13-7-3-8-14-22)18-17-21-11-5-2-6-12-21/h2-16,19,25H,20H2,1H3/b23-19+. The van der Waals surface area contributed by atoms with Gasteiger partial charge in [0.05, 0.1) is 6.10 Å². The second-order valence-electron chi connectivity index (χ2n) is 5.97. The van der Waals surface area contributed by atoms with Crippen LogP contribution in [0, 0.1) is 11.8 Å². The van der Waals surface area contributed by atoms with Gasteiger partial charge in [0.25, 0.3) is 0 Å². The van der Waals surface area contributed by atoms with E-state index in [-0.39, 0.29) is 6.10 Å². The van der Waals surface area contributed by atoms with Crippen molar-refractivity contribution in [3.63, 3.8) is 0 Å². The molecule has 0 aliphatic heterocycles. The molecule has 0 spiro atoms. The minimum absolute atomic E-state index is 0.0217. The van der Waals surface area contributed by atoms with Gasteiger partial charge in [0.1, 0.15) is 0 Å². The van der Waals surface area contributed by atoms with E-state index in [1.54, 1.807) is 7.11 Å². The van der Waals surface area contributed by atoms with Crippen molar-refractivity contribution in [1.29, 1.82) is 0 Å². The summed E-state index contributed by atoms with van der Waals surface area (Å²) in [6.07, 6.45) is 2.97. The molecule has 0 fully saturated rings. The lowest BCUT2D eigenvalue weighted by molar-refractivity contribution is 0.106. The second-order valence-corrected chi connectivity index (χ2v) is 5.97. The van der Waals surface area contributed by atoms with Gasteiger partial charge in [0.2, 0.25) is 0 Å². The molecular formula is C25H22O. The van der Waals surface area contributed by atoms with Crippen LogP contribution in [0.1, 0.15) is 29.2 Å². The summed E-state index contributed by atoms with van der Waals surface area (Å²) >= 11 is 0. The lowest BCUT2D eigenvalue weighted by Gasteiger charge is -2.14. The molecule has 3 aromatic carbocycles. The van der Waals surface area contributed by atoms with Crippen LogP contribution in [0.15, 0.2) is 97.1 Å². The molecule has 128 valence electrons. The summed E-state index contributed by atoms with van der Waals surface area (Å²) in [7, 11) is 1.75. The smallest absolute Gasteiger partial charge is 0.0856 e. The number of hydrogen-bond acceptors (Lipinski definition) is 1. The molecule has 1 nitrogen and oxygen atoms in total. The molecule has 3 rings (SSSR count). The van der Waals surface area contributed by atoms with Gasteiger partial charge in [0, 0.05) is 18.2 Å². The van der Waals surface area contributed by atoms with Crippen molar-refractivity contribution < 1.29 is 4.74 Å². The number of methoxy groups -OCH3 is 1. The van der Waals surface area contributed by atoms with Crippen molar-refractivity contribution in [2.75, 3.05) is 7.11 Å². The molecule has 0 saturated heterocycles. The molecule has 1 heteroatoms. The number of rotatable bonds is 5. The largest absolute Gasteiger partial charge is 0.376 e. The molecule has 0 radical (unpaired) electrons. The Morgan fingerprint density at radius 1 is 0.846 bits per heavy atom. The lowest BCUT2D eigenvalue weighted by Crippen LogP contribution is -2.00. The number of ether oxygens (including phenoxy) is 1. The average Bonchev–Trinajstić information content (AvgIpc) is 2.73. The Balaban J connectivity index is 1.88. The Hall–Kier alpha value is -3.08. The van der Waals surface area contributed by atoms with Gasteiger partial charge in [0.15, 0.2) is 0 Å². The predicted molar refractivity (Wildman–Crippen MR) is 109 cm³/mol. The third-order valence-electron chi connectivity index (χ3n) is 4.19. The lowest BCUT2D eigenvalue weighted by atomic mass is 10.0. The maximum Gasteiger partial charge on any atom is 0.0856 e.